The van der Waals surface area contributed by atoms with E-state index in [0.717, 1.165) is 56.3 Å². The minimum atomic E-state index is -0.641. The van der Waals surface area contributed by atoms with Crippen LogP contribution in [0.3, 0.4) is 0 Å². The Hall–Kier alpha value is -2.18. The number of carbonyl (C=O) groups excluding carboxylic acids is 1. The normalized spacial score (nSPS) is 23.0. The Bertz CT molecular complexity index is 862. The fraction of sp³-hybridized carbons (Fsp3) is 0.545. The smallest absolute Gasteiger partial charge is 0.242 e. The highest BCUT2D eigenvalue weighted by atomic mass is 16.5. The largest absolute Gasteiger partial charge is 0.368 e. The molecule has 6 nitrogen and oxygen atoms in total. The molecule has 148 valence electrons. The molecule has 5 rings (SSSR count). The van der Waals surface area contributed by atoms with Gasteiger partial charge in [-0.15, -0.1) is 0 Å². The zero-order valence-corrected chi connectivity index (χ0v) is 16.3. The van der Waals surface area contributed by atoms with Gasteiger partial charge in [0.15, 0.2) is 0 Å². The van der Waals surface area contributed by atoms with E-state index in [1.807, 2.05) is 27.8 Å². The van der Waals surface area contributed by atoms with Crippen molar-refractivity contribution in [3.63, 3.8) is 0 Å². The number of ether oxygens (including phenoxy) is 1. The lowest BCUT2D eigenvalue weighted by atomic mass is 9.83. The third kappa shape index (κ3) is 2.86. The maximum atomic E-state index is 13.0. The fourth-order valence-electron chi connectivity index (χ4n) is 5.10. The molecule has 3 heterocycles. The second-order valence-electron chi connectivity index (χ2n) is 8.53. The standard InChI is InChI=1S/C22H28N4O2/c23-21(9-4-5-10-21)20(27)25-13-11-22(12-14-25)19-17(8-15-28-22)16-26(24-19)18-6-2-1-3-7-18/h1-3,6-7,16H,4-5,8-15,23H2. The first-order valence-electron chi connectivity index (χ1n) is 10.5. The van der Waals surface area contributed by atoms with E-state index >= 15 is 0 Å². The highest BCUT2D eigenvalue weighted by molar-refractivity contribution is 5.86. The highest BCUT2D eigenvalue weighted by Gasteiger charge is 2.47. The summed E-state index contributed by atoms with van der Waals surface area (Å²) in [4.78, 5) is 14.9. The maximum Gasteiger partial charge on any atom is 0.242 e. The van der Waals surface area contributed by atoms with Gasteiger partial charge in [-0.1, -0.05) is 31.0 Å². The number of hydrogen-bond donors (Lipinski definition) is 1. The molecule has 1 aromatic heterocycles. The van der Waals surface area contributed by atoms with Crippen LogP contribution >= 0.6 is 0 Å². The van der Waals surface area contributed by atoms with E-state index in [9.17, 15) is 4.79 Å². The lowest BCUT2D eigenvalue weighted by Gasteiger charge is -2.44. The van der Waals surface area contributed by atoms with E-state index in [0.29, 0.717) is 19.7 Å². The van der Waals surface area contributed by atoms with Crippen LogP contribution in [0.4, 0.5) is 0 Å². The van der Waals surface area contributed by atoms with Gasteiger partial charge in [0.1, 0.15) is 5.60 Å². The van der Waals surface area contributed by atoms with E-state index in [4.69, 9.17) is 15.6 Å². The van der Waals surface area contributed by atoms with Crippen LogP contribution in [-0.2, 0) is 21.6 Å². The molecule has 1 saturated carbocycles. The van der Waals surface area contributed by atoms with E-state index < -0.39 is 5.54 Å². The van der Waals surface area contributed by atoms with Crippen molar-refractivity contribution < 1.29 is 9.53 Å². The third-order valence-corrected chi connectivity index (χ3v) is 6.77. The summed E-state index contributed by atoms with van der Waals surface area (Å²) in [6.45, 7) is 2.09. The monoisotopic (exact) mass is 380 g/mol. The van der Waals surface area contributed by atoms with Gasteiger partial charge in [0.2, 0.25) is 5.91 Å². The van der Waals surface area contributed by atoms with E-state index in [1.165, 1.54) is 5.56 Å². The van der Waals surface area contributed by atoms with Crippen LogP contribution < -0.4 is 5.73 Å². The van der Waals surface area contributed by atoms with Gasteiger partial charge in [0.05, 0.1) is 23.5 Å². The van der Waals surface area contributed by atoms with Gasteiger partial charge in [-0.25, -0.2) is 4.68 Å². The molecule has 28 heavy (non-hydrogen) atoms. The van der Waals surface area contributed by atoms with Crippen LogP contribution in [0.1, 0.15) is 49.8 Å². The van der Waals surface area contributed by atoms with Gasteiger partial charge in [0, 0.05) is 19.3 Å². The lowest BCUT2D eigenvalue weighted by Crippen LogP contribution is -2.57. The third-order valence-electron chi connectivity index (χ3n) is 6.77. The van der Waals surface area contributed by atoms with Gasteiger partial charge < -0.3 is 15.4 Å². The Kier molecular flexibility index (Phi) is 4.29. The Labute approximate surface area is 165 Å². The fourth-order valence-corrected chi connectivity index (χ4v) is 5.10. The van der Waals surface area contributed by atoms with Crippen LogP contribution in [0.2, 0.25) is 0 Å². The van der Waals surface area contributed by atoms with Crippen LogP contribution in [0.25, 0.3) is 5.69 Å². The molecule has 0 atom stereocenters. The van der Waals surface area contributed by atoms with Gasteiger partial charge in [-0.2, -0.15) is 5.10 Å². The van der Waals surface area contributed by atoms with Crippen molar-refractivity contribution >= 4 is 5.91 Å². The molecule has 3 aliphatic rings. The number of para-hydroxylation sites is 1. The number of carbonyl (C=O) groups is 1. The lowest BCUT2D eigenvalue weighted by molar-refractivity contribution is -0.146. The zero-order valence-electron chi connectivity index (χ0n) is 16.3. The molecular weight excluding hydrogens is 352 g/mol. The van der Waals surface area contributed by atoms with Crippen LogP contribution in [0.15, 0.2) is 36.5 Å². The summed E-state index contributed by atoms with van der Waals surface area (Å²) in [6, 6.07) is 10.2. The minimum absolute atomic E-state index is 0.130. The summed E-state index contributed by atoms with van der Waals surface area (Å²) in [5.74, 6) is 0.130. The maximum absolute atomic E-state index is 13.0. The van der Waals surface area contributed by atoms with Gasteiger partial charge >= 0.3 is 0 Å². The number of rotatable bonds is 2. The molecule has 1 spiro atoms. The van der Waals surface area contributed by atoms with Gasteiger partial charge in [-0.05, 0) is 49.8 Å². The number of hydrogen-bond acceptors (Lipinski definition) is 4. The predicted molar refractivity (Wildman–Crippen MR) is 106 cm³/mol. The van der Waals surface area contributed by atoms with Crippen molar-refractivity contribution in [1.82, 2.24) is 14.7 Å². The molecular formula is C22H28N4O2. The molecule has 0 radical (unpaired) electrons. The molecule has 1 aromatic carbocycles. The molecule has 1 amide bonds. The van der Waals surface area contributed by atoms with Gasteiger partial charge in [-0.3, -0.25) is 4.79 Å². The number of piperidine rings is 1. The summed E-state index contributed by atoms with van der Waals surface area (Å²) in [5, 5.41) is 4.92. The Morgan fingerprint density at radius 1 is 1.07 bits per heavy atom. The number of likely N-dealkylation sites (tertiary alicyclic amines) is 1. The molecule has 6 heteroatoms. The SMILES string of the molecule is NC1(C(=O)N2CCC3(CC2)OCCc2cn(-c4ccccc4)nc23)CCCC1. The van der Waals surface area contributed by atoms with Gasteiger partial charge in [0.25, 0.3) is 0 Å². The Morgan fingerprint density at radius 3 is 2.50 bits per heavy atom. The summed E-state index contributed by atoms with van der Waals surface area (Å²) in [5.41, 5.74) is 8.78. The number of amides is 1. The minimum Gasteiger partial charge on any atom is -0.368 e. The zero-order chi connectivity index (χ0) is 19.2. The number of aromatic nitrogens is 2. The first-order chi connectivity index (χ1) is 13.6. The van der Waals surface area contributed by atoms with Crippen molar-refractivity contribution in [3.8, 4) is 5.69 Å². The second-order valence-corrected chi connectivity index (χ2v) is 8.53. The molecule has 2 N–H and O–H groups in total. The first kappa shape index (κ1) is 17.9. The van der Waals surface area contributed by atoms with Crippen LogP contribution in [-0.4, -0.2) is 45.8 Å². The molecule has 2 aromatic rings. The van der Waals surface area contributed by atoms with Crippen LogP contribution in [0, 0.1) is 0 Å². The summed E-state index contributed by atoms with van der Waals surface area (Å²) < 4.78 is 8.28. The highest BCUT2D eigenvalue weighted by Crippen LogP contribution is 2.42. The summed E-state index contributed by atoms with van der Waals surface area (Å²) >= 11 is 0. The van der Waals surface area contributed by atoms with E-state index in [1.54, 1.807) is 0 Å². The number of benzene rings is 1. The summed E-state index contributed by atoms with van der Waals surface area (Å²) in [7, 11) is 0. The quantitative estimate of drug-likeness (QED) is 0.869. The van der Waals surface area contributed by atoms with E-state index in [-0.39, 0.29) is 11.5 Å². The molecule has 1 aliphatic carbocycles. The van der Waals surface area contributed by atoms with Crippen molar-refractivity contribution in [2.75, 3.05) is 19.7 Å². The average molecular weight is 380 g/mol. The topological polar surface area (TPSA) is 73.4 Å². The first-order valence-corrected chi connectivity index (χ1v) is 10.5. The Morgan fingerprint density at radius 2 is 1.79 bits per heavy atom. The molecule has 1 saturated heterocycles. The van der Waals surface area contributed by atoms with Crippen molar-refractivity contribution in [2.45, 2.75) is 56.1 Å². The Balaban J connectivity index is 1.37. The number of nitrogens with zero attached hydrogens (tertiary/aromatic N) is 3. The van der Waals surface area contributed by atoms with Crippen molar-refractivity contribution in [1.29, 1.82) is 0 Å². The van der Waals surface area contributed by atoms with E-state index in [2.05, 4.69) is 18.3 Å². The molecule has 2 fully saturated rings. The molecule has 0 unspecified atom stereocenters. The summed E-state index contributed by atoms with van der Waals surface area (Å²) in [6.07, 6.45) is 8.34. The molecule has 2 aliphatic heterocycles. The average Bonchev–Trinajstić information content (AvgIpc) is 3.37. The molecule has 0 bridgehead atoms. The van der Waals surface area contributed by atoms with Crippen LogP contribution in [0.5, 0.6) is 0 Å². The van der Waals surface area contributed by atoms with Crippen molar-refractivity contribution in [3.05, 3.63) is 47.8 Å². The predicted octanol–water partition coefficient (Wildman–Crippen LogP) is 2.53. The second kappa shape index (κ2) is 6.71. The number of fused-ring (bicyclic) bond motifs is 2. The number of nitrogens with two attached hydrogens (primary N) is 1. The van der Waals surface area contributed by atoms with Crippen molar-refractivity contribution in [2.24, 2.45) is 5.73 Å².